The molecular weight excluding hydrogens is 438 g/mol. The van der Waals surface area contributed by atoms with Gasteiger partial charge < -0.3 is 14.3 Å². The molecule has 5 rings (SSSR count). The molecule has 35 heavy (non-hydrogen) atoms. The second kappa shape index (κ2) is 10.6. The zero-order chi connectivity index (χ0) is 24.0. The van der Waals surface area contributed by atoms with E-state index in [4.69, 9.17) is 19.2 Å². The van der Waals surface area contributed by atoms with Crippen LogP contribution in [0.4, 0.5) is 0 Å². The fraction of sp³-hybridized carbons (Fsp3) is 0.267. The van der Waals surface area contributed by atoms with Gasteiger partial charge in [0.15, 0.2) is 18.3 Å². The molecule has 5 nitrogen and oxygen atoms in total. The summed E-state index contributed by atoms with van der Waals surface area (Å²) in [6.07, 6.45) is 5.37. The summed E-state index contributed by atoms with van der Waals surface area (Å²) in [4.78, 5) is 15.9. The number of aromatic nitrogens is 1. The molecule has 1 aromatic heterocycles. The molecule has 0 saturated heterocycles. The van der Waals surface area contributed by atoms with Gasteiger partial charge in [-0.15, -0.1) is 0 Å². The van der Waals surface area contributed by atoms with Crippen LogP contribution in [0.2, 0.25) is 0 Å². The lowest BCUT2D eigenvalue weighted by atomic mass is 9.76. The van der Waals surface area contributed by atoms with Crippen molar-refractivity contribution in [3.63, 3.8) is 0 Å². The molecule has 3 aromatic carbocycles. The first-order chi connectivity index (χ1) is 17.2. The highest BCUT2D eigenvalue weighted by molar-refractivity contribution is 5.76. The second-order valence-electron chi connectivity index (χ2n) is 9.15. The van der Waals surface area contributed by atoms with Gasteiger partial charge in [0.25, 0.3) is 0 Å². The number of carboxylic acid groups (broad SMARTS) is 1. The average molecular weight is 468 g/mol. The van der Waals surface area contributed by atoms with E-state index in [1.54, 1.807) is 6.07 Å². The minimum Gasteiger partial charge on any atom is -0.482 e. The maximum atomic E-state index is 10.9. The van der Waals surface area contributed by atoms with Crippen molar-refractivity contribution >= 4 is 5.97 Å². The molecule has 1 N–H and O–H groups in total. The van der Waals surface area contributed by atoms with Crippen LogP contribution in [0.1, 0.15) is 43.1 Å². The molecule has 4 aromatic rings. The lowest BCUT2D eigenvalue weighted by molar-refractivity contribution is -0.139. The van der Waals surface area contributed by atoms with Crippen molar-refractivity contribution in [2.75, 3.05) is 6.61 Å². The summed E-state index contributed by atoms with van der Waals surface area (Å²) in [7, 11) is 0. The normalized spacial score (nSPS) is 17.7. The predicted molar refractivity (Wildman–Crippen MR) is 135 cm³/mol. The van der Waals surface area contributed by atoms with Gasteiger partial charge in [-0.05, 0) is 42.9 Å². The summed E-state index contributed by atoms with van der Waals surface area (Å²) in [6.45, 7) is -0.337. The topological polar surface area (TPSA) is 72.6 Å². The predicted octanol–water partition coefficient (Wildman–Crippen LogP) is 6.99. The number of carbonyl (C=O) groups is 1. The molecule has 2 atom stereocenters. The summed E-state index contributed by atoms with van der Waals surface area (Å²) >= 11 is 0. The van der Waals surface area contributed by atoms with Crippen molar-refractivity contribution < 1.29 is 19.1 Å². The first-order valence-corrected chi connectivity index (χ1v) is 12.2. The number of hydrogen-bond acceptors (Lipinski definition) is 4. The lowest BCUT2D eigenvalue weighted by Crippen LogP contribution is -2.20. The van der Waals surface area contributed by atoms with E-state index < -0.39 is 5.97 Å². The van der Waals surface area contributed by atoms with E-state index in [2.05, 4.69) is 30.3 Å². The van der Waals surface area contributed by atoms with E-state index in [1.807, 2.05) is 48.5 Å². The first-order valence-electron chi connectivity index (χ1n) is 12.2. The number of hydrogen-bond donors (Lipinski definition) is 1. The number of aliphatic carboxylic acids is 1. The molecule has 178 valence electrons. The van der Waals surface area contributed by atoms with Crippen LogP contribution in [0, 0.1) is 5.92 Å². The van der Waals surface area contributed by atoms with Crippen LogP contribution in [0.15, 0.2) is 89.3 Å². The molecule has 1 heterocycles. The fourth-order valence-corrected chi connectivity index (χ4v) is 5.06. The van der Waals surface area contributed by atoms with E-state index in [0.29, 0.717) is 11.7 Å². The minimum atomic E-state index is -0.977. The quantitative estimate of drug-likeness (QED) is 0.302. The number of oxazole rings is 1. The maximum absolute atomic E-state index is 10.9. The Hall–Kier alpha value is -3.86. The minimum absolute atomic E-state index is 0.229. The molecule has 1 saturated carbocycles. The molecule has 2 unspecified atom stereocenters. The third-order valence-corrected chi connectivity index (χ3v) is 6.71. The molecule has 0 amide bonds. The van der Waals surface area contributed by atoms with E-state index in [-0.39, 0.29) is 12.5 Å². The highest BCUT2D eigenvalue weighted by Gasteiger charge is 2.32. The Morgan fingerprint density at radius 3 is 2.37 bits per heavy atom. The van der Waals surface area contributed by atoms with E-state index in [1.165, 1.54) is 6.42 Å². The molecule has 1 aliphatic carbocycles. The van der Waals surface area contributed by atoms with Gasteiger partial charge in [-0.1, -0.05) is 85.6 Å². The van der Waals surface area contributed by atoms with Crippen LogP contribution >= 0.6 is 0 Å². The zero-order valence-electron chi connectivity index (χ0n) is 19.6. The van der Waals surface area contributed by atoms with Crippen molar-refractivity contribution in [3.8, 4) is 28.3 Å². The smallest absolute Gasteiger partial charge is 0.341 e. The van der Waals surface area contributed by atoms with Gasteiger partial charge in [0.05, 0.1) is 0 Å². The highest BCUT2D eigenvalue weighted by atomic mass is 16.5. The van der Waals surface area contributed by atoms with Crippen LogP contribution in [0.3, 0.4) is 0 Å². The van der Waals surface area contributed by atoms with Gasteiger partial charge in [-0.25, -0.2) is 9.78 Å². The molecule has 1 fully saturated rings. The van der Waals surface area contributed by atoms with Crippen molar-refractivity contribution in [1.82, 2.24) is 4.98 Å². The standard InChI is InChI=1S/C30H29NO4/c32-27(33)20-34-25-16-9-10-21(19-25)18-24-15-7-8-17-26(24)30-31-28(22-11-3-1-4-12-22)29(35-30)23-13-5-2-6-14-23/h1-6,9-14,16,19,24,26H,7-8,15,17-18,20H2,(H,32,33). The van der Waals surface area contributed by atoms with E-state index in [0.717, 1.165) is 59.7 Å². The summed E-state index contributed by atoms with van der Waals surface area (Å²) in [5.74, 6) is 1.86. The summed E-state index contributed by atoms with van der Waals surface area (Å²) in [5, 5.41) is 8.91. The van der Waals surface area contributed by atoms with Gasteiger partial charge in [0.2, 0.25) is 0 Å². The van der Waals surface area contributed by atoms with Gasteiger partial charge in [-0.2, -0.15) is 0 Å². The first kappa shape index (κ1) is 22.9. The Bertz CT molecular complexity index is 1210. The lowest BCUT2D eigenvalue weighted by Gasteiger charge is -2.29. The van der Waals surface area contributed by atoms with E-state index in [9.17, 15) is 4.79 Å². The number of nitrogens with zero attached hydrogens (tertiary/aromatic N) is 1. The molecule has 0 bridgehead atoms. The van der Waals surface area contributed by atoms with E-state index >= 15 is 0 Å². The molecular formula is C30H29NO4. The van der Waals surface area contributed by atoms with Crippen LogP contribution in [0.25, 0.3) is 22.6 Å². The molecule has 1 aliphatic rings. The Morgan fingerprint density at radius 2 is 1.63 bits per heavy atom. The third-order valence-electron chi connectivity index (χ3n) is 6.71. The Labute approximate surface area is 205 Å². The van der Waals surface area contributed by atoms with Crippen LogP contribution < -0.4 is 4.74 Å². The van der Waals surface area contributed by atoms with Crippen LogP contribution in [0.5, 0.6) is 5.75 Å². The van der Waals surface area contributed by atoms with Gasteiger partial charge in [-0.3, -0.25) is 0 Å². The third kappa shape index (κ3) is 5.46. The van der Waals surface area contributed by atoms with Crippen molar-refractivity contribution in [1.29, 1.82) is 0 Å². The summed E-state index contributed by atoms with van der Waals surface area (Å²) in [6, 6.07) is 28.2. The second-order valence-corrected chi connectivity index (χ2v) is 9.15. The van der Waals surface area contributed by atoms with Crippen molar-refractivity contribution in [2.24, 2.45) is 5.92 Å². The van der Waals surface area contributed by atoms with Crippen LogP contribution in [-0.2, 0) is 11.2 Å². The molecule has 5 heteroatoms. The number of carboxylic acids is 1. The highest BCUT2D eigenvalue weighted by Crippen LogP contribution is 2.43. The summed E-state index contributed by atoms with van der Waals surface area (Å²) < 4.78 is 11.9. The molecule has 0 spiro atoms. The Morgan fingerprint density at radius 1 is 0.914 bits per heavy atom. The van der Waals surface area contributed by atoms with Crippen molar-refractivity contribution in [3.05, 3.63) is 96.4 Å². The summed E-state index contributed by atoms with van der Waals surface area (Å²) in [5.41, 5.74) is 4.11. The zero-order valence-corrected chi connectivity index (χ0v) is 19.6. The Kier molecular flexibility index (Phi) is 6.94. The van der Waals surface area contributed by atoms with Crippen LogP contribution in [-0.4, -0.2) is 22.7 Å². The van der Waals surface area contributed by atoms with Crippen molar-refractivity contribution in [2.45, 2.75) is 38.0 Å². The Balaban J connectivity index is 1.45. The average Bonchev–Trinajstić information content (AvgIpc) is 3.34. The number of benzene rings is 3. The fourth-order valence-electron chi connectivity index (χ4n) is 5.06. The number of rotatable bonds is 8. The molecule has 0 aliphatic heterocycles. The number of ether oxygens (including phenoxy) is 1. The SMILES string of the molecule is O=C(O)COc1cccc(CC2CCCCC2c2nc(-c3ccccc3)c(-c3ccccc3)o2)c1. The van der Waals surface area contributed by atoms with Gasteiger partial charge in [0, 0.05) is 17.0 Å². The van der Waals surface area contributed by atoms with Gasteiger partial charge >= 0.3 is 5.97 Å². The molecule has 0 radical (unpaired) electrons. The van der Waals surface area contributed by atoms with Gasteiger partial charge in [0.1, 0.15) is 11.4 Å². The monoisotopic (exact) mass is 467 g/mol. The largest absolute Gasteiger partial charge is 0.482 e. The maximum Gasteiger partial charge on any atom is 0.341 e.